The van der Waals surface area contributed by atoms with E-state index in [9.17, 15) is 19.5 Å². The molecule has 0 unspecified atom stereocenters. The number of esters is 1. The number of carbonyl (C=O) groups is 2. The molecule has 2 heterocycles. The van der Waals surface area contributed by atoms with Crippen molar-refractivity contribution in [1.82, 2.24) is 9.80 Å². The quantitative estimate of drug-likeness (QED) is 0.419. The van der Waals surface area contributed by atoms with Crippen molar-refractivity contribution in [3.05, 3.63) is 40.0 Å². The van der Waals surface area contributed by atoms with Gasteiger partial charge >= 0.3 is 5.97 Å². The highest BCUT2D eigenvalue weighted by atomic mass is 16.5. The van der Waals surface area contributed by atoms with Crippen molar-refractivity contribution >= 4 is 12.4 Å². The fourth-order valence-electron chi connectivity index (χ4n) is 4.05. The third kappa shape index (κ3) is 5.26. The molecule has 2 aliphatic rings. The van der Waals surface area contributed by atoms with Crippen molar-refractivity contribution in [2.24, 2.45) is 5.92 Å². The van der Waals surface area contributed by atoms with E-state index in [4.69, 9.17) is 9.15 Å². The Bertz CT molecular complexity index is 810. The number of amides is 1. The highest BCUT2D eigenvalue weighted by molar-refractivity contribution is 5.70. The molecule has 1 amide bonds. The van der Waals surface area contributed by atoms with E-state index in [1.54, 1.807) is 4.90 Å². The minimum Gasteiger partial charge on any atom is -0.502 e. The van der Waals surface area contributed by atoms with Crippen LogP contribution in [0.1, 0.15) is 43.1 Å². The van der Waals surface area contributed by atoms with Crippen LogP contribution in [0.4, 0.5) is 0 Å². The van der Waals surface area contributed by atoms with Gasteiger partial charge in [-0.15, -0.1) is 0 Å². The van der Waals surface area contributed by atoms with Crippen LogP contribution in [0.25, 0.3) is 0 Å². The van der Waals surface area contributed by atoms with Gasteiger partial charge in [0.25, 0.3) is 0 Å². The van der Waals surface area contributed by atoms with Crippen LogP contribution in [-0.2, 0) is 20.9 Å². The van der Waals surface area contributed by atoms with Gasteiger partial charge in [0.05, 0.1) is 20.1 Å². The van der Waals surface area contributed by atoms with E-state index in [0.717, 1.165) is 25.7 Å². The summed E-state index contributed by atoms with van der Waals surface area (Å²) < 4.78 is 10.8. The van der Waals surface area contributed by atoms with Gasteiger partial charge in [-0.25, -0.2) is 0 Å². The van der Waals surface area contributed by atoms with Crippen molar-refractivity contribution in [2.45, 2.75) is 38.1 Å². The lowest BCUT2D eigenvalue weighted by Crippen LogP contribution is -2.45. The first-order valence-electron chi connectivity index (χ1n) is 10.0. The Balaban J connectivity index is 1.85. The van der Waals surface area contributed by atoms with E-state index in [1.807, 2.05) is 0 Å². The van der Waals surface area contributed by atoms with Crippen molar-refractivity contribution in [3.63, 3.8) is 0 Å². The van der Waals surface area contributed by atoms with Gasteiger partial charge < -0.3 is 19.2 Å². The van der Waals surface area contributed by atoms with Crippen LogP contribution < -0.4 is 5.43 Å². The Morgan fingerprint density at radius 3 is 2.72 bits per heavy atom. The number of allylic oxidation sites excluding steroid dienone is 2. The number of nitrogens with zero attached hydrogens (tertiary/aromatic N) is 2. The number of hydrogen-bond donors (Lipinski definition) is 1. The van der Waals surface area contributed by atoms with E-state index in [-0.39, 0.29) is 18.1 Å². The lowest BCUT2D eigenvalue weighted by molar-refractivity contribution is -0.141. The molecule has 1 N–H and O–H groups in total. The van der Waals surface area contributed by atoms with Crippen molar-refractivity contribution in [3.8, 4) is 5.75 Å². The summed E-state index contributed by atoms with van der Waals surface area (Å²) in [5, 5.41) is 10.4. The zero-order chi connectivity index (χ0) is 20.8. The lowest BCUT2D eigenvalue weighted by Gasteiger charge is -2.32. The normalized spacial score (nSPS) is 21.0. The number of ether oxygens (including phenoxy) is 1. The molecule has 1 aliphatic heterocycles. The number of carbonyl (C=O) groups excluding carboxylic acids is 2. The van der Waals surface area contributed by atoms with Crippen LogP contribution in [0.2, 0.25) is 0 Å². The van der Waals surface area contributed by atoms with E-state index >= 15 is 0 Å². The second-order valence-electron chi connectivity index (χ2n) is 7.64. The molecule has 0 saturated carbocycles. The predicted molar refractivity (Wildman–Crippen MR) is 105 cm³/mol. The number of rotatable bonds is 7. The van der Waals surface area contributed by atoms with Crippen LogP contribution in [0.5, 0.6) is 5.75 Å². The smallest absolute Gasteiger partial charge is 0.306 e. The molecule has 1 fully saturated rings. The number of hydrogen-bond acceptors (Lipinski definition) is 7. The number of methoxy groups -OCH3 is 1. The molecule has 8 heteroatoms. The third-order valence-corrected chi connectivity index (χ3v) is 5.76. The molecule has 0 radical (unpaired) electrons. The Morgan fingerprint density at radius 1 is 1.34 bits per heavy atom. The topological polar surface area (TPSA) is 100 Å². The summed E-state index contributed by atoms with van der Waals surface area (Å²) in [4.78, 5) is 39.1. The van der Waals surface area contributed by atoms with Gasteiger partial charge in [-0.1, -0.05) is 12.2 Å². The average Bonchev–Trinajstić information content (AvgIpc) is 2.75. The molecule has 1 saturated heterocycles. The summed E-state index contributed by atoms with van der Waals surface area (Å²) in [6.45, 7) is 3.01. The van der Waals surface area contributed by atoms with E-state index in [0.29, 0.717) is 38.5 Å². The first kappa shape index (κ1) is 21.1. The fraction of sp³-hybridized carbons (Fsp3) is 0.571. The molecule has 0 bridgehead atoms. The van der Waals surface area contributed by atoms with Gasteiger partial charge in [-0.3, -0.25) is 19.3 Å². The molecule has 158 valence electrons. The third-order valence-electron chi connectivity index (χ3n) is 5.76. The monoisotopic (exact) mass is 404 g/mol. The SMILES string of the molecule is COC(=O)C[C@@H](c1oc(CN2CCN(C=O)CC2)cc(=O)c1O)[C@H]1CC=CCC1. The maximum Gasteiger partial charge on any atom is 0.306 e. The summed E-state index contributed by atoms with van der Waals surface area (Å²) in [6, 6.07) is 1.31. The standard InChI is InChI=1S/C21H28N2O6/c1-28-19(26)12-17(15-5-3-2-4-6-15)21-20(27)18(25)11-16(29-21)13-22-7-9-23(14-24)10-8-22/h2-3,11,14-15,17,27H,4-10,12-13H2,1H3/t15-,17+/m0/s1. The minimum absolute atomic E-state index is 0.0486. The lowest BCUT2D eigenvalue weighted by atomic mass is 9.79. The maximum absolute atomic E-state index is 12.4. The molecule has 0 aromatic carbocycles. The Labute approximate surface area is 169 Å². The van der Waals surface area contributed by atoms with Gasteiger partial charge in [0.2, 0.25) is 17.6 Å². The first-order valence-corrected chi connectivity index (χ1v) is 10.0. The second-order valence-corrected chi connectivity index (χ2v) is 7.64. The van der Waals surface area contributed by atoms with Crippen LogP contribution in [0.3, 0.4) is 0 Å². The number of piperazine rings is 1. The van der Waals surface area contributed by atoms with Crippen molar-refractivity contribution in [1.29, 1.82) is 0 Å². The van der Waals surface area contributed by atoms with Gasteiger partial charge in [0, 0.05) is 38.2 Å². The summed E-state index contributed by atoms with van der Waals surface area (Å²) in [5.74, 6) is -0.551. The molecular formula is C21H28N2O6. The number of aromatic hydroxyl groups is 1. The Kier molecular flexibility index (Phi) is 7.09. The molecule has 8 nitrogen and oxygen atoms in total. The molecule has 2 atom stereocenters. The van der Waals surface area contributed by atoms with Crippen LogP contribution in [-0.4, -0.2) is 60.6 Å². The summed E-state index contributed by atoms with van der Waals surface area (Å²) >= 11 is 0. The van der Waals surface area contributed by atoms with Crippen LogP contribution >= 0.6 is 0 Å². The zero-order valence-electron chi connectivity index (χ0n) is 16.7. The minimum atomic E-state index is -0.506. The molecule has 1 aromatic heterocycles. The first-order chi connectivity index (χ1) is 14.0. The van der Waals surface area contributed by atoms with Gasteiger partial charge in [0.15, 0.2) is 5.76 Å². The van der Waals surface area contributed by atoms with Crippen molar-refractivity contribution < 1.29 is 23.8 Å². The van der Waals surface area contributed by atoms with Crippen LogP contribution in [0.15, 0.2) is 27.4 Å². The predicted octanol–water partition coefficient (Wildman–Crippen LogP) is 1.62. The van der Waals surface area contributed by atoms with Crippen LogP contribution in [0, 0.1) is 5.92 Å². The van der Waals surface area contributed by atoms with Gasteiger partial charge in [-0.05, 0) is 25.2 Å². The summed E-state index contributed by atoms with van der Waals surface area (Å²) in [6.07, 6.45) is 7.52. The van der Waals surface area contributed by atoms with Gasteiger partial charge in [0.1, 0.15) is 5.76 Å². The fourth-order valence-corrected chi connectivity index (χ4v) is 4.05. The molecule has 1 aliphatic carbocycles. The average molecular weight is 404 g/mol. The van der Waals surface area contributed by atoms with E-state index in [2.05, 4.69) is 17.1 Å². The van der Waals surface area contributed by atoms with E-state index < -0.39 is 23.1 Å². The van der Waals surface area contributed by atoms with E-state index in [1.165, 1.54) is 13.2 Å². The molecular weight excluding hydrogens is 376 g/mol. The maximum atomic E-state index is 12.4. The molecule has 1 aromatic rings. The molecule has 29 heavy (non-hydrogen) atoms. The molecule has 0 spiro atoms. The Hall–Kier alpha value is -2.61. The highest BCUT2D eigenvalue weighted by Crippen LogP contribution is 2.39. The van der Waals surface area contributed by atoms with Gasteiger partial charge in [-0.2, -0.15) is 0 Å². The summed E-state index contributed by atoms with van der Waals surface area (Å²) in [5.41, 5.74) is -0.506. The largest absolute Gasteiger partial charge is 0.502 e. The molecule has 3 rings (SSSR count). The Morgan fingerprint density at radius 2 is 2.10 bits per heavy atom. The van der Waals surface area contributed by atoms with Crippen molar-refractivity contribution in [2.75, 3.05) is 33.3 Å². The highest BCUT2D eigenvalue weighted by Gasteiger charge is 2.32. The zero-order valence-corrected chi connectivity index (χ0v) is 16.7. The summed E-state index contributed by atoms with van der Waals surface area (Å²) in [7, 11) is 1.32. The second kappa shape index (κ2) is 9.73.